The van der Waals surface area contributed by atoms with Gasteiger partial charge < -0.3 is 6.16 Å². The molecule has 7 nitrogen and oxygen atoms in total. The van der Waals surface area contributed by atoms with E-state index in [0.29, 0.717) is 17.9 Å². The van der Waals surface area contributed by atoms with E-state index >= 15 is 0 Å². The van der Waals surface area contributed by atoms with Gasteiger partial charge in [-0.1, -0.05) is 16.7 Å². The molecular formula is C16H18FKO7PS+. The molecule has 2 unspecified atom stereocenters. The average molecular weight is 443 g/mol. The van der Waals surface area contributed by atoms with Gasteiger partial charge in [-0.25, -0.2) is 4.39 Å². The van der Waals surface area contributed by atoms with Crippen LogP contribution in [0.4, 0.5) is 4.39 Å². The first kappa shape index (κ1) is 24.8. The molecule has 0 spiro atoms. The molecule has 11 heteroatoms. The zero-order chi connectivity index (χ0) is 19.2. The van der Waals surface area contributed by atoms with Crippen molar-refractivity contribution in [1.82, 2.24) is 0 Å². The molecule has 0 aliphatic carbocycles. The van der Waals surface area contributed by atoms with E-state index in [-0.39, 0.29) is 71.5 Å². The zero-order valence-corrected chi connectivity index (χ0v) is 19.3. The summed E-state index contributed by atoms with van der Waals surface area (Å²) >= 11 is 0. The van der Waals surface area contributed by atoms with Crippen LogP contribution in [0, 0.1) is 5.82 Å². The van der Waals surface area contributed by atoms with Gasteiger partial charge in [-0.2, -0.15) is 8.42 Å². The Morgan fingerprint density at radius 1 is 1.15 bits per heavy atom. The van der Waals surface area contributed by atoms with Crippen LogP contribution in [0.25, 0.3) is 0 Å². The summed E-state index contributed by atoms with van der Waals surface area (Å²) in [6, 6.07) is 12.5. The van der Waals surface area contributed by atoms with Crippen LogP contribution in [-0.2, 0) is 25.6 Å². The number of benzene rings is 2. The van der Waals surface area contributed by atoms with Crippen LogP contribution in [0.3, 0.4) is 0 Å². The maximum absolute atomic E-state index is 12.9. The predicted molar refractivity (Wildman–Crippen MR) is 93.2 cm³/mol. The summed E-state index contributed by atoms with van der Waals surface area (Å²) in [6.07, 6.45) is 0.565. The monoisotopic (exact) mass is 443 g/mol. The van der Waals surface area contributed by atoms with E-state index < -0.39 is 23.8 Å². The number of aryl methyl sites for hydroxylation is 1. The molecule has 0 aliphatic heterocycles. The Balaban J connectivity index is 0.00000364. The van der Waals surface area contributed by atoms with Crippen molar-refractivity contribution < 1.29 is 88.9 Å². The van der Waals surface area contributed by atoms with E-state index in [0.717, 1.165) is 5.56 Å². The van der Waals surface area contributed by atoms with Crippen molar-refractivity contribution in [2.45, 2.75) is 24.7 Å². The molecule has 0 heterocycles. The third kappa shape index (κ3) is 9.18. The maximum atomic E-state index is 12.9. The first-order valence-electron chi connectivity index (χ1n) is 7.55. The van der Waals surface area contributed by atoms with Crippen LogP contribution in [0.5, 0.6) is 11.5 Å². The fourth-order valence-corrected chi connectivity index (χ4v) is 3.66. The van der Waals surface area contributed by atoms with Crippen molar-refractivity contribution in [3.63, 3.8) is 0 Å². The second-order valence-corrected chi connectivity index (χ2v) is 7.63. The molecule has 0 saturated heterocycles. The summed E-state index contributed by atoms with van der Waals surface area (Å²) in [5.41, 5.74) is -0.929. The molecule has 0 amide bonds. The minimum atomic E-state index is -4.59. The van der Waals surface area contributed by atoms with Crippen molar-refractivity contribution >= 4 is 18.4 Å². The van der Waals surface area contributed by atoms with Crippen LogP contribution in [0.15, 0.2) is 48.5 Å². The van der Waals surface area contributed by atoms with E-state index in [1.54, 1.807) is 24.3 Å². The summed E-state index contributed by atoms with van der Waals surface area (Å²) in [6.45, 7) is 0. The fraction of sp³-hybridized carbons (Fsp3) is 0.250. The van der Waals surface area contributed by atoms with Crippen LogP contribution < -0.4 is 56.1 Å². The van der Waals surface area contributed by atoms with Gasteiger partial charge in [-0.05, 0) is 61.2 Å². The molecule has 2 atom stereocenters. The Morgan fingerprint density at radius 2 is 1.81 bits per heavy atom. The first-order valence-corrected chi connectivity index (χ1v) is 10.2. The zero-order valence-electron chi connectivity index (χ0n) is 15.5. The Morgan fingerprint density at radius 3 is 2.41 bits per heavy atom. The molecule has 0 radical (unpaired) electrons. The SMILES string of the molecule is O=[P+](O)OC(CCCc1cccc(Oc2ccc(F)cc2)c1)S(=O)(=O)O.[H-].[K+]. The van der Waals surface area contributed by atoms with E-state index in [1.165, 1.54) is 24.3 Å². The smallest absolute Gasteiger partial charge is 1.00 e. The van der Waals surface area contributed by atoms with Gasteiger partial charge in [0.05, 0.1) is 0 Å². The van der Waals surface area contributed by atoms with Crippen molar-refractivity contribution in [1.29, 1.82) is 0 Å². The van der Waals surface area contributed by atoms with Crippen LogP contribution >= 0.6 is 8.25 Å². The van der Waals surface area contributed by atoms with E-state index in [9.17, 15) is 17.4 Å². The van der Waals surface area contributed by atoms with Gasteiger partial charge in [0.15, 0.2) is 0 Å². The quantitative estimate of drug-likeness (QED) is 0.337. The molecule has 0 bridgehead atoms. The molecule has 0 aromatic heterocycles. The minimum absolute atomic E-state index is 0. The number of rotatable bonds is 9. The standard InChI is InChI=1S/C16H16FO7PS.K.H/c17-13-7-9-14(10-8-13)23-15-5-1-3-12(11-15)4-2-6-16(24-25(18)19)26(20,21)22;;/h1,3,5,7-11,16H,2,4,6H2,(H-,18,19,20,21,22);;/q;+1;-1/p+1. The van der Waals surface area contributed by atoms with Gasteiger partial charge in [0, 0.05) is 4.57 Å². The largest absolute Gasteiger partial charge is 1.00 e. The van der Waals surface area contributed by atoms with Crippen molar-refractivity contribution in [3.8, 4) is 11.5 Å². The Bertz CT molecular complexity index is 868. The molecule has 2 rings (SSSR count). The topological polar surface area (TPSA) is 110 Å². The molecule has 0 saturated carbocycles. The molecule has 27 heavy (non-hydrogen) atoms. The van der Waals surface area contributed by atoms with Crippen LogP contribution in [0.1, 0.15) is 19.8 Å². The van der Waals surface area contributed by atoms with Gasteiger partial charge in [-0.3, -0.25) is 4.55 Å². The summed E-state index contributed by atoms with van der Waals surface area (Å²) in [5.74, 6) is 0.622. The predicted octanol–water partition coefficient (Wildman–Crippen LogP) is 0.937. The molecule has 2 N–H and O–H groups in total. The van der Waals surface area contributed by atoms with Crippen LogP contribution in [-0.4, -0.2) is 23.3 Å². The summed E-state index contributed by atoms with van der Waals surface area (Å²) in [5, 5.41) is 0. The van der Waals surface area contributed by atoms with E-state index in [4.69, 9.17) is 14.2 Å². The number of halogens is 1. The second-order valence-electron chi connectivity index (χ2n) is 5.38. The molecule has 2 aromatic carbocycles. The van der Waals surface area contributed by atoms with E-state index in [1.807, 2.05) is 0 Å². The van der Waals surface area contributed by atoms with Crippen molar-refractivity contribution in [2.24, 2.45) is 0 Å². The summed E-state index contributed by atoms with van der Waals surface area (Å²) in [7, 11) is -7.73. The molecule has 2 aromatic rings. The number of hydrogen-bond donors (Lipinski definition) is 2. The normalized spacial score (nSPS) is 12.8. The number of ether oxygens (including phenoxy) is 1. The second kappa shape index (κ2) is 11.7. The Kier molecular flexibility index (Phi) is 10.7. The molecule has 0 fully saturated rings. The Labute approximate surface area is 201 Å². The summed E-state index contributed by atoms with van der Waals surface area (Å²) < 4.78 is 64.8. The Hall–Kier alpha value is -0.264. The fourth-order valence-electron chi connectivity index (χ4n) is 2.23. The van der Waals surface area contributed by atoms with Gasteiger partial charge in [0.2, 0.25) is 5.44 Å². The van der Waals surface area contributed by atoms with Gasteiger partial charge in [0.25, 0.3) is 10.1 Å². The molecular weight excluding hydrogens is 425 g/mol. The number of hydrogen-bond acceptors (Lipinski definition) is 5. The van der Waals surface area contributed by atoms with E-state index in [2.05, 4.69) is 4.52 Å². The maximum Gasteiger partial charge on any atom is 1.00 e. The van der Waals surface area contributed by atoms with Gasteiger partial charge in [0.1, 0.15) is 17.3 Å². The third-order valence-electron chi connectivity index (χ3n) is 3.39. The van der Waals surface area contributed by atoms with Gasteiger partial charge >= 0.3 is 59.6 Å². The average Bonchev–Trinajstić information content (AvgIpc) is 2.55. The first-order chi connectivity index (χ1) is 12.2. The molecule has 0 aliphatic rings. The van der Waals surface area contributed by atoms with Crippen molar-refractivity contribution in [3.05, 3.63) is 59.9 Å². The van der Waals surface area contributed by atoms with Gasteiger partial charge in [-0.15, -0.1) is 4.89 Å². The molecule has 142 valence electrons. The summed E-state index contributed by atoms with van der Waals surface area (Å²) in [4.78, 5) is 8.67. The third-order valence-corrected chi connectivity index (χ3v) is 4.97. The minimum Gasteiger partial charge on any atom is -1.00 e. The van der Waals surface area contributed by atoms with Crippen LogP contribution in [0.2, 0.25) is 0 Å². The van der Waals surface area contributed by atoms with Crippen molar-refractivity contribution in [2.75, 3.05) is 0 Å².